The summed E-state index contributed by atoms with van der Waals surface area (Å²) in [6.45, 7) is 2.00. The summed E-state index contributed by atoms with van der Waals surface area (Å²) in [6.07, 6.45) is 2.26. The third-order valence-electron chi connectivity index (χ3n) is 3.60. The summed E-state index contributed by atoms with van der Waals surface area (Å²) in [4.78, 5) is 2.22. The molecule has 0 unspecified atom stereocenters. The zero-order chi connectivity index (χ0) is 13.2. The molecule has 0 radical (unpaired) electrons. The molecular formula is C14H20ClNO2. The molecule has 0 saturated heterocycles. The smallest absolute Gasteiger partial charge is 0.120 e. The molecule has 100 valence electrons. The van der Waals surface area contributed by atoms with E-state index in [1.54, 1.807) is 7.11 Å². The quantitative estimate of drug-likeness (QED) is 0.862. The summed E-state index contributed by atoms with van der Waals surface area (Å²) < 4.78 is 5.13. The Morgan fingerprint density at radius 2 is 2.17 bits per heavy atom. The molecule has 3 nitrogen and oxygen atoms in total. The van der Waals surface area contributed by atoms with E-state index < -0.39 is 0 Å². The van der Waals surface area contributed by atoms with Crippen molar-refractivity contribution in [1.29, 1.82) is 0 Å². The van der Waals surface area contributed by atoms with Crippen LogP contribution in [0.1, 0.15) is 18.4 Å². The fourth-order valence-electron chi connectivity index (χ4n) is 2.25. The number of hydrogen-bond donors (Lipinski definition) is 1. The number of nitrogens with zero attached hydrogens (tertiary/aromatic N) is 1. The van der Waals surface area contributed by atoms with Crippen molar-refractivity contribution in [3.8, 4) is 5.75 Å². The van der Waals surface area contributed by atoms with E-state index >= 15 is 0 Å². The lowest BCUT2D eigenvalue weighted by Gasteiger charge is -2.22. The minimum atomic E-state index is 0.147. The van der Waals surface area contributed by atoms with Crippen LogP contribution < -0.4 is 4.74 Å². The zero-order valence-corrected chi connectivity index (χ0v) is 11.7. The van der Waals surface area contributed by atoms with Crippen molar-refractivity contribution in [3.63, 3.8) is 0 Å². The van der Waals surface area contributed by atoms with Gasteiger partial charge in [-0.15, -0.1) is 0 Å². The second-order valence-electron chi connectivity index (χ2n) is 5.29. The molecular weight excluding hydrogens is 250 g/mol. The lowest BCUT2D eigenvalue weighted by Crippen LogP contribution is -2.28. The van der Waals surface area contributed by atoms with Crippen molar-refractivity contribution in [3.05, 3.63) is 28.8 Å². The van der Waals surface area contributed by atoms with Crippen LogP contribution in [-0.4, -0.2) is 37.3 Å². The average molecular weight is 270 g/mol. The number of aliphatic hydroxyl groups excluding tert-OH is 1. The van der Waals surface area contributed by atoms with Crippen molar-refractivity contribution < 1.29 is 9.84 Å². The summed E-state index contributed by atoms with van der Waals surface area (Å²) in [5, 5.41) is 10.1. The number of rotatable bonds is 6. The maximum absolute atomic E-state index is 9.33. The molecule has 1 fully saturated rings. The predicted octanol–water partition coefficient (Wildman–Crippen LogP) is 2.55. The average Bonchev–Trinajstić information content (AvgIpc) is 3.12. The van der Waals surface area contributed by atoms with Crippen molar-refractivity contribution in [2.45, 2.75) is 19.4 Å². The predicted molar refractivity (Wildman–Crippen MR) is 73.1 cm³/mol. The summed E-state index contributed by atoms with van der Waals surface area (Å²) in [5.41, 5.74) is 1.24. The van der Waals surface area contributed by atoms with Crippen LogP contribution in [0.2, 0.25) is 5.02 Å². The van der Waals surface area contributed by atoms with Gasteiger partial charge in [0.2, 0.25) is 0 Å². The normalized spacial score (nSPS) is 16.9. The van der Waals surface area contributed by atoms with Gasteiger partial charge in [-0.1, -0.05) is 17.7 Å². The van der Waals surface area contributed by atoms with Crippen LogP contribution in [0.15, 0.2) is 18.2 Å². The Morgan fingerprint density at radius 3 is 2.67 bits per heavy atom. The Morgan fingerprint density at radius 1 is 1.44 bits per heavy atom. The minimum absolute atomic E-state index is 0.147. The van der Waals surface area contributed by atoms with E-state index in [0.717, 1.165) is 42.3 Å². The highest BCUT2D eigenvalue weighted by Gasteiger charge is 2.42. The summed E-state index contributed by atoms with van der Waals surface area (Å²) in [5.74, 6) is 0.778. The lowest BCUT2D eigenvalue weighted by molar-refractivity contribution is 0.161. The molecule has 0 bridgehead atoms. The first-order valence-electron chi connectivity index (χ1n) is 6.20. The molecule has 0 amide bonds. The minimum Gasteiger partial charge on any atom is -0.497 e. The Balaban J connectivity index is 1.96. The molecule has 0 atom stereocenters. The van der Waals surface area contributed by atoms with E-state index in [-0.39, 0.29) is 12.0 Å². The molecule has 0 spiro atoms. The maximum Gasteiger partial charge on any atom is 0.120 e. The number of benzene rings is 1. The first-order valence-corrected chi connectivity index (χ1v) is 6.58. The van der Waals surface area contributed by atoms with Crippen LogP contribution in [0.25, 0.3) is 0 Å². The van der Waals surface area contributed by atoms with Crippen LogP contribution >= 0.6 is 11.6 Å². The van der Waals surface area contributed by atoms with Crippen molar-refractivity contribution in [2.75, 3.05) is 27.3 Å². The van der Waals surface area contributed by atoms with Crippen molar-refractivity contribution in [2.24, 2.45) is 5.41 Å². The van der Waals surface area contributed by atoms with Gasteiger partial charge in [-0.3, -0.25) is 0 Å². The molecule has 0 aromatic heterocycles. The van der Waals surface area contributed by atoms with Gasteiger partial charge in [0.15, 0.2) is 0 Å². The summed E-state index contributed by atoms with van der Waals surface area (Å²) in [7, 11) is 3.70. The van der Waals surface area contributed by atoms with E-state index in [2.05, 4.69) is 11.9 Å². The van der Waals surface area contributed by atoms with Crippen LogP contribution in [0.5, 0.6) is 5.75 Å². The van der Waals surface area contributed by atoms with E-state index in [1.165, 1.54) is 0 Å². The van der Waals surface area contributed by atoms with Gasteiger partial charge in [0.25, 0.3) is 0 Å². The highest BCUT2D eigenvalue weighted by atomic mass is 35.5. The number of methoxy groups -OCH3 is 1. The van der Waals surface area contributed by atoms with Gasteiger partial charge in [0.1, 0.15) is 5.75 Å². The number of hydrogen-bond acceptors (Lipinski definition) is 3. The Bertz CT molecular complexity index is 418. The zero-order valence-electron chi connectivity index (χ0n) is 10.9. The fraction of sp³-hybridized carbons (Fsp3) is 0.571. The molecule has 1 aromatic rings. The van der Waals surface area contributed by atoms with Gasteiger partial charge < -0.3 is 14.7 Å². The Hall–Kier alpha value is -0.770. The lowest BCUT2D eigenvalue weighted by atomic mass is 10.1. The van der Waals surface area contributed by atoms with Gasteiger partial charge in [-0.05, 0) is 37.6 Å². The van der Waals surface area contributed by atoms with Gasteiger partial charge in [-0.2, -0.15) is 0 Å². The highest BCUT2D eigenvalue weighted by Crippen LogP contribution is 2.45. The van der Waals surface area contributed by atoms with Crippen LogP contribution in [0.3, 0.4) is 0 Å². The Labute approximate surface area is 113 Å². The standard InChI is InChI=1S/C14H20ClNO2/c1-16(9-14(10-17)5-6-14)8-11-3-4-12(18-2)7-13(11)15/h3-4,7,17H,5-6,8-10H2,1-2H3. The fourth-order valence-corrected chi connectivity index (χ4v) is 2.48. The van der Waals surface area contributed by atoms with Crippen molar-refractivity contribution >= 4 is 11.6 Å². The van der Waals surface area contributed by atoms with Crippen LogP contribution in [0, 0.1) is 5.41 Å². The van der Waals surface area contributed by atoms with E-state index in [9.17, 15) is 5.11 Å². The molecule has 1 saturated carbocycles. The molecule has 1 N–H and O–H groups in total. The van der Waals surface area contributed by atoms with Gasteiger partial charge in [0.05, 0.1) is 7.11 Å². The SMILES string of the molecule is COc1ccc(CN(C)CC2(CO)CC2)c(Cl)c1. The molecule has 1 aromatic carbocycles. The molecule has 4 heteroatoms. The van der Waals surface area contributed by atoms with E-state index in [1.807, 2.05) is 18.2 Å². The molecule has 18 heavy (non-hydrogen) atoms. The first kappa shape index (κ1) is 13.7. The van der Waals surface area contributed by atoms with Crippen molar-refractivity contribution in [1.82, 2.24) is 4.90 Å². The highest BCUT2D eigenvalue weighted by molar-refractivity contribution is 6.31. The molecule has 0 heterocycles. The monoisotopic (exact) mass is 269 g/mol. The van der Waals surface area contributed by atoms with Crippen LogP contribution in [0.4, 0.5) is 0 Å². The Kier molecular flexibility index (Phi) is 4.15. The second kappa shape index (κ2) is 5.47. The molecule has 0 aliphatic heterocycles. The largest absolute Gasteiger partial charge is 0.497 e. The van der Waals surface area contributed by atoms with Gasteiger partial charge in [-0.25, -0.2) is 0 Å². The summed E-state index contributed by atoms with van der Waals surface area (Å²) >= 11 is 6.22. The van der Waals surface area contributed by atoms with Gasteiger partial charge in [0, 0.05) is 30.1 Å². The molecule has 1 aliphatic carbocycles. The first-order chi connectivity index (χ1) is 8.58. The van der Waals surface area contributed by atoms with E-state index in [0.29, 0.717) is 0 Å². The number of ether oxygens (including phenoxy) is 1. The van der Waals surface area contributed by atoms with E-state index in [4.69, 9.17) is 16.3 Å². The molecule has 2 rings (SSSR count). The third kappa shape index (κ3) is 3.16. The maximum atomic E-state index is 9.33. The summed E-state index contributed by atoms with van der Waals surface area (Å²) in [6, 6.07) is 5.76. The van der Waals surface area contributed by atoms with Crippen LogP contribution in [-0.2, 0) is 6.54 Å². The number of halogens is 1. The topological polar surface area (TPSA) is 32.7 Å². The second-order valence-corrected chi connectivity index (χ2v) is 5.69. The molecule has 1 aliphatic rings. The van der Waals surface area contributed by atoms with Gasteiger partial charge >= 0.3 is 0 Å². The number of aliphatic hydroxyl groups is 1. The third-order valence-corrected chi connectivity index (χ3v) is 3.95.